The molecule has 0 aliphatic carbocycles. The number of carbonyl (C=O) groups excluding carboxylic acids is 1. The van der Waals surface area contributed by atoms with Gasteiger partial charge in [0.25, 0.3) is 0 Å². The van der Waals surface area contributed by atoms with Gasteiger partial charge in [0, 0.05) is 5.56 Å². The zero-order valence-corrected chi connectivity index (χ0v) is 8.16. The average Bonchev–Trinajstić information content (AvgIpc) is 2.20. The van der Waals surface area contributed by atoms with E-state index in [2.05, 4.69) is 0 Å². The van der Waals surface area contributed by atoms with Crippen molar-refractivity contribution in [3.05, 3.63) is 34.9 Å². The molecule has 0 bridgehead atoms. The predicted octanol–water partition coefficient (Wildman–Crippen LogP) is 2.71. The summed E-state index contributed by atoms with van der Waals surface area (Å²) >= 11 is 0. The Labute approximate surface area is 78.8 Å². The molecule has 2 heteroatoms. The van der Waals surface area contributed by atoms with Crippen molar-refractivity contribution in [2.24, 2.45) is 0 Å². The third-order valence-electron chi connectivity index (χ3n) is 1.53. The zero-order valence-electron chi connectivity index (χ0n) is 8.16. The molecule has 0 unspecified atom stereocenters. The van der Waals surface area contributed by atoms with Gasteiger partial charge in [-0.2, -0.15) is 5.26 Å². The molecular weight excluding hydrogens is 162 g/mol. The van der Waals surface area contributed by atoms with Crippen LogP contribution in [0.25, 0.3) is 0 Å². The predicted molar refractivity (Wildman–Crippen MR) is 52.6 cm³/mol. The molecule has 0 atom stereocenters. The van der Waals surface area contributed by atoms with E-state index in [-0.39, 0.29) is 0 Å². The van der Waals surface area contributed by atoms with E-state index in [1.165, 1.54) is 0 Å². The van der Waals surface area contributed by atoms with E-state index >= 15 is 0 Å². The van der Waals surface area contributed by atoms with Crippen LogP contribution in [0.4, 0.5) is 0 Å². The molecule has 0 aliphatic rings. The first-order chi connectivity index (χ1) is 6.27. The lowest BCUT2D eigenvalue weighted by atomic mass is 10.1. The van der Waals surface area contributed by atoms with Crippen LogP contribution in [-0.2, 0) is 0 Å². The van der Waals surface area contributed by atoms with Gasteiger partial charge in [-0.3, -0.25) is 4.79 Å². The monoisotopic (exact) mass is 175 g/mol. The molecule has 0 aromatic heterocycles. The normalized spacial score (nSPS) is 7.85. The Kier molecular flexibility index (Phi) is 5.22. The third kappa shape index (κ3) is 3.08. The minimum Gasteiger partial charge on any atom is -0.298 e. The van der Waals surface area contributed by atoms with Gasteiger partial charge in [0.1, 0.15) is 6.29 Å². The minimum atomic E-state index is 0.591. The van der Waals surface area contributed by atoms with Crippen molar-refractivity contribution in [1.82, 2.24) is 0 Å². The second-order valence-corrected chi connectivity index (χ2v) is 2.30. The standard InChI is InChI=1S/C9H7NO.C2H6/c1-7-4-8(5-10)2-3-9(7)6-11;1-2/h2-4,6H,1H3;1-2H3. The Morgan fingerprint density at radius 1 is 1.38 bits per heavy atom. The lowest BCUT2D eigenvalue weighted by Gasteiger charge is -1.95. The Bertz CT molecular complexity index is 323. The van der Waals surface area contributed by atoms with Gasteiger partial charge in [0.2, 0.25) is 0 Å². The van der Waals surface area contributed by atoms with Gasteiger partial charge in [-0.15, -0.1) is 0 Å². The highest BCUT2D eigenvalue weighted by Crippen LogP contribution is 2.07. The summed E-state index contributed by atoms with van der Waals surface area (Å²) in [7, 11) is 0. The number of benzene rings is 1. The molecular formula is C11H13NO. The maximum Gasteiger partial charge on any atom is 0.150 e. The van der Waals surface area contributed by atoms with Crippen molar-refractivity contribution in [2.75, 3.05) is 0 Å². The smallest absolute Gasteiger partial charge is 0.150 e. The highest BCUT2D eigenvalue weighted by atomic mass is 16.1. The van der Waals surface area contributed by atoms with Crippen molar-refractivity contribution in [2.45, 2.75) is 20.8 Å². The Morgan fingerprint density at radius 2 is 2.00 bits per heavy atom. The summed E-state index contributed by atoms with van der Waals surface area (Å²) in [4.78, 5) is 10.3. The van der Waals surface area contributed by atoms with Crippen LogP contribution in [0.1, 0.15) is 35.3 Å². The Morgan fingerprint density at radius 3 is 2.38 bits per heavy atom. The summed E-state index contributed by atoms with van der Waals surface area (Å²) in [5.74, 6) is 0. The molecule has 0 spiro atoms. The third-order valence-corrected chi connectivity index (χ3v) is 1.53. The molecule has 1 aromatic carbocycles. The van der Waals surface area contributed by atoms with Gasteiger partial charge in [0.15, 0.2) is 0 Å². The molecule has 0 N–H and O–H groups in total. The molecule has 1 aromatic rings. The van der Waals surface area contributed by atoms with Crippen molar-refractivity contribution in [3.63, 3.8) is 0 Å². The molecule has 0 radical (unpaired) electrons. The number of nitriles is 1. The van der Waals surface area contributed by atoms with Crippen LogP contribution in [0.5, 0.6) is 0 Å². The number of aryl methyl sites for hydroxylation is 1. The second-order valence-electron chi connectivity index (χ2n) is 2.30. The van der Waals surface area contributed by atoms with E-state index in [4.69, 9.17) is 5.26 Å². The second kappa shape index (κ2) is 5.96. The summed E-state index contributed by atoms with van der Waals surface area (Å²) in [6, 6.07) is 6.99. The number of hydrogen-bond donors (Lipinski definition) is 0. The van der Waals surface area contributed by atoms with Crippen LogP contribution in [0.2, 0.25) is 0 Å². The fraction of sp³-hybridized carbons (Fsp3) is 0.273. The van der Waals surface area contributed by atoms with Gasteiger partial charge in [-0.1, -0.05) is 19.9 Å². The van der Waals surface area contributed by atoms with Crippen molar-refractivity contribution in [3.8, 4) is 6.07 Å². The molecule has 0 fully saturated rings. The van der Waals surface area contributed by atoms with Gasteiger partial charge >= 0.3 is 0 Å². The van der Waals surface area contributed by atoms with Crippen LogP contribution in [0.15, 0.2) is 18.2 Å². The molecule has 0 saturated carbocycles. The topological polar surface area (TPSA) is 40.9 Å². The number of aldehydes is 1. The van der Waals surface area contributed by atoms with E-state index in [0.29, 0.717) is 11.1 Å². The maximum absolute atomic E-state index is 10.3. The summed E-state index contributed by atoms with van der Waals surface area (Å²) < 4.78 is 0. The first kappa shape index (κ1) is 11.4. The molecule has 1 rings (SSSR count). The molecule has 68 valence electrons. The van der Waals surface area contributed by atoms with E-state index in [1.54, 1.807) is 18.2 Å². The number of carbonyl (C=O) groups is 1. The first-order valence-electron chi connectivity index (χ1n) is 4.24. The highest BCUT2D eigenvalue weighted by Gasteiger charge is 1.96. The lowest BCUT2D eigenvalue weighted by molar-refractivity contribution is 0.112. The summed E-state index contributed by atoms with van der Waals surface area (Å²) in [6.45, 7) is 5.81. The van der Waals surface area contributed by atoms with Crippen LogP contribution in [0, 0.1) is 18.3 Å². The molecule has 0 heterocycles. The van der Waals surface area contributed by atoms with Gasteiger partial charge in [0.05, 0.1) is 11.6 Å². The van der Waals surface area contributed by atoms with Gasteiger partial charge in [-0.05, 0) is 24.6 Å². The lowest BCUT2D eigenvalue weighted by Crippen LogP contribution is -1.86. The highest BCUT2D eigenvalue weighted by molar-refractivity contribution is 5.77. The minimum absolute atomic E-state index is 0.591. The largest absolute Gasteiger partial charge is 0.298 e. The fourth-order valence-corrected chi connectivity index (χ4v) is 0.877. The molecule has 0 amide bonds. The number of nitrogens with zero attached hydrogens (tertiary/aromatic N) is 1. The van der Waals surface area contributed by atoms with Crippen molar-refractivity contribution >= 4 is 6.29 Å². The van der Waals surface area contributed by atoms with Crippen LogP contribution < -0.4 is 0 Å². The van der Waals surface area contributed by atoms with Crippen LogP contribution >= 0.6 is 0 Å². The molecule has 0 aliphatic heterocycles. The molecule has 13 heavy (non-hydrogen) atoms. The Balaban J connectivity index is 0.000000671. The maximum atomic E-state index is 10.3. The average molecular weight is 175 g/mol. The molecule has 0 saturated heterocycles. The number of hydrogen-bond acceptors (Lipinski definition) is 2. The van der Waals surface area contributed by atoms with Crippen molar-refractivity contribution in [1.29, 1.82) is 5.26 Å². The van der Waals surface area contributed by atoms with Crippen LogP contribution in [-0.4, -0.2) is 6.29 Å². The van der Waals surface area contributed by atoms with E-state index in [0.717, 1.165) is 11.8 Å². The molecule has 2 nitrogen and oxygen atoms in total. The van der Waals surface area contributed by atoms with E-state index < -0.39 is 0 Å². The van der Waals surface area contributed by atoms with Crippen LogP contribution in [0.3, 0.4) is 0 Å². The summed E-state index contributed by atoms with van der Waals surface area (Å²) in [6.07, 6.45) is 0.788. The summed E-state index contributed by atoms with van der Waals surface area (Å²) in [5, 5.41) is 8.49. The first-order valence-corrected chi connectivity index (χ1v) is 4.24. The fourth-order valence-electron chi connectivity index (χ4n) is 0.877. The SMILES string of the molecule is CC.Cc1cc(C#N)ccc1C=O. The zero-order chi connectivity index (χ0) is 10.3. The van der Waals surface area contributed by atoms with Crippen molar-refractivity contribution < 1.29 is 4.79 Å². The van der Waals surface area contributed by atoms with E-state index in [9.17, 15) is 4.79 Å². The summed E-state index contributed by atoms with van der Waals surface area (Å²) in [5.41, 5.74) is 2.08. The van der Waals surface area contributed by atoms with Gasteiger partial charge in [-0.25, -0.2) is 0 Å². The van der Waals surface area contributed by atoms with E-state index in [1.807, 2.05) is 26.8 Å². The Hall–Kier alpha value is -1.62. The van der Waals surface area contributed by atoms with Gasteiger partial charge < -0.3 is 0 Å². The quantitative estimate of drug-likeness (QED) is 0.616. The number of rotatable bonds is 1.